The fraction of sp³-hybridized carbons (Fsp3) is 0.793. The number of benzene rings is 1. The highest BCUT2D eigenvalue weighted by atomic mass is 16.7. The van der Waals surface area contributed by atoms with Gasteiger partial charge in [0, 0.05) is 28.7 Å². The molecule has 5 rings (SSSR count). The summed E-state index contributed by atoms with van der Waals surface area (Å²) < 4.78 is 18.5. The number of rotatable bonds is 5. The summed E-state index contributed by atoms with van der Waals surface area (Å²) in [6.45, 7) is 8.94. The SMILES string of the molecule is CC(O)O[C@@]12COC1CC(O)C1(C)C(O)C(O)C3C(C)CCC(O)([C@@H](OC(O)c4ccccc4)[C@@H]12)C3(C)C. The largest absolute Gasteiger partial charge is 0.392 e. The maximum atomic E-state index is 12.8. The number of ether oxygens (including phenoxy) is 3. The van der Waals surface area contributed by atoms with Gasteiger partial charge < -0.3 is 44.8 Å². The highest BCUT2D eigenvalue weighted by Gasteiger charge is 2.76. The van der Waals surface area contributed by atoms with E-state index in [1.165, 1.54) is 6.92 Å². The van der Waals surface area contributed by atoms with Crippen LogP contribution in [0.25, 0.3) is 0 Å². The van der Waals surface area contributed by atoms with Crippen molar-refractivity contribution in [2.75, 3.05) is 6.61 Å². The zero-order valence-corrected chi connectivity index (χ0v) is 22.9. The van der Waals surface area contributed by atoms with Gasteiger partial charge in [0.2, 0.25) is 0 Å². The molecular formula is C29H44O9. The molecule has 2 bridgehead atoms. The van der Waals surface area contributed by atoms with E-state index in [0.29, 0.717) is 18.4 Å². The molecule has 3 saturated carbocycles. The summed E-state index contributed by atoms with van der Waals surface area (Å²) in [7, 11) is 0. The first kappa shape index (κ1) is 28.4. The zero-order chi connectivity index (χ0) is 27.8. The normalized spacial score (nSPS) is 49.4. The van der Waals surface area contributed by atoms with E-state index in [1.54, 1.807) is 31.2 Å². The molecule has 38 heavy (non-hydrogen) atoms. The standard InChI is InChI=1S/C29H44O9/c1-15-11-12-29(35)24(37-25(34)17-9-7-6-8-10-17)22-27(5,23(33)21(32)20(15)26(29,3)4)18(31)13-19-28(22,14-36-19)38-16(2)30/h6-10,15-16,18-25,30-35H,11-14H2,1-5H3/t15?,16?,18?,19?,20?,21?,22-,23?,24-,25?,27?,28-,29?/m0/s1. The van der Waals surface area contributed by atoms with E-state index in [9.17, 15) is 30.6 Å². The molecule has 1 aromatic rings. The zero-order valence-electron chi connectivity index (χ0n) is 22.9. The highest BCUT2D eigenvalue weighted by Crippen LogP contribution is 2.66. The Balaban J connectivity index is 1.75. The molecular weight excluding hydrogens is 492 g/mol. The molecule has 0 spiro atoms. The van der Waals surface area contributed by atoms with Gasteiger partial charge in [-0.2, -0.15) is 0 Å². The van der Waals surface area contributed by atoms with Crippen LogP contribution in [0.1, 0.15) is 65.7 Å². The third-order valence-electron chi connectivity index (χ3n) is 10.8. The van der Waals surface area contributed by atoms with Gasteiger partial charge in [-0.15, -0.1) is 0 Å². The third-order valence-corrected chi connectivity index (χ3v) is 10.8. The van der Waals surface area contributed by atoms with Crippen molar-refractivity contribution in [2.45, 2.75) is 108 Å². The summed E-state index contributed by atoms with van der Waals surface area (Å²) in [5.74, 6) is -1.52. The summed E-state index contributed by atoms with van der Waals surface area (Å²) in [6.07, 6.45) is -7.26. The van der Waals surface area contributed by atoms with Gasteiger partial charge in [0.15, 0.2) is 12.6 Å². The molecule has 0 radical (unpaired) electrons. The van der Waals surface area contributed by atoms with Crippen molar-refractivity contribution in [3.63, 3.8) is 0 Å². The molecule has 9 heteroatoms. The minimum atomic E-state index is -1.60. The molecule has 1 aromatic carbocycles. The van der Waals surface area contributed by atoms with Crippen molar-refractivity contribution in [3.05, 3.63) is 35.9 Å². The molecule has 0 aromatic heterocycles. The summed E-state index contributed by atoms with van der Waals surface area (Å²) in [5, 5.41) is 69.8. The predicted molar refractivity (Wildman–Crippen MR) is 136 cm³/mol. The molecule has 214 valence electrons. The van der Waals surface area contributed by atoms with Crippen LogP contribution in [0.2, 0.25) is 0 Å². The van der Waals surface area contributed by atoms with E-state index < -0.39 is 77.0 Å². The molecule has 1 aliphatic heterocycles. The quantitative estimate of drug-likeness (QED) is 0.308. The number of fused-ring (bicyclic) bond motifs is 5. The van der Waals surface area contributed by atoms with Crippen molar-refractivity contribution in [1.82, 2.24) is 0 Å². The van der Waals surface area contributed by atoms with Crippen LogP contribution in [0.4, 0.5) is 0 Å². The summed E-state index contributed by atoms with van der Waals surface area (Å²) in [6, 6.07) is 8.82. The predicted octanol–water partition coefficient (Wildman–Crippen LogP) is 1.48. The lowest BCUT2D eigenvalue weighted by Crippen LogP contribution is -2.83. The monoisotopic (exact) mass is 536 g/mol. The van der Waals surface area contributed by atoms with Gasteiger partial charge >= 0.3 is 0 Å². The summed E-state index contributed by atoms with van der Waals surface area (Å²) in [4.78, 5) is 0. The molecule has 4 fully saturated rings. The summed E-state index contributed by atoms with van der Waals surface area (Å²) in [5.41, 5.74) is -4.76. The Kier molecular flexibility index (Phi) is 7.07. The molecule has 0 amide bonds. The average Bonchev–Trinajstić information content (AvgIpc) is 2.85. The van der Waals surface area contributed by atoms with E-state index in [1.807, 2.05) is 26.8 Å². The molecule has 3 aliphatic carbocycles. The van der Waals surface area contributed by atoms with E-state index >= 15 is 0 Å². The number of hydrogen-bond donors (Lipinski definition) is 6. The minimum Gasteiger partial charge on any atom is -0.392 e. The highest BCUT2D eigenvalue weighted by molar-refractivity contribution is 5.25. The lowest BCUT2D eigenvalue weighted by molar-refractivity contribution is -0.413. The van der Waals surface area contributed by atoms with Crippen LogP contribution in [0.5, 0.6) is 0 Å². The van der Waals surface area contributed by atoms with Crippen LogP contribution in [-0.4, -0.2) is 85.3 Å². The van der Waals surface area contributed by atoms with E-state index in [-0.39, 0.29) is 18.9 Å². The van der Waals surface area contributed by atoms with Crippen LogP contribution in [0, 0.1) is 28.6 Å². The molecule has 4 aliphatic rings. The van der Waals surface area contributed by atoms with Crippen LogP contribution >= 0.6 is 0 Å². The number of aliphatic hydroxyl groups excluding tert-OH is 5. The molecule has 1 heterocycles. The van der Waals surface area contributed by atoms with E-state index in [4.69, 9.17) is 14.2 Å². The smallest absolute Gasteiger partial charge is 0.181 e. The van der Waals surface area contributed by atoms with Crippen LogP contribution in [0.15, 0.2) is 30.3 Å². The van der Waals surface area contributed by atoms with Crippen molar-refractivity contribution in [2.24, 2.45) is 28.6 Å². The van der Waals surface area contributed by atoms with Crippen molar-refractivity contribution in [3.8, 4) is 0 Å². The first-order chi connectivity index (χ1) is 17.7. The molecule has 9 nitrogen and oxygen atoms in total. The third kappa shape index (κ3) is 3.78. The first-order valence-electron chi connectivity index (χ1n) is 13.8. The van der Waals surface area contributed by atoms with Crippen LogP contribution in [-0.2, 0) is 14.2 Å². The van der Waals surface area contributed by atoms with Crippen molar-refractivity contribution < 1.29 is 44.8 Å². The number of hydrogen-bond acceptors (Lipinski definition) is 9. The Morgan fingerprint density at radius 3 is 2.29 bits per heavy atom. The molecule has 6 N–H and O–H groups in total. The van der Waals surface area contributed by atoms with Crippen molar-refractivity contribution in [1.29, 1.82) is 0 Å². The molecule has 1 saturated heterocycles. The Bertz CT molecular complexity index is 1000. The lowest BCUT2D eigenvalue weighted by atomic mass is 9.42. The minimum absolute atomic E-state index is 0.0297. The Morgan fingerprint density at radius 2 is 1.71 bits per heavy atom. The number of aliphatic hydroxyl groups is 6. The molecule has 10 unspecified atom stereocenters. The molecule has 13 atom stereocenters. The van der Waals surface area contributed by atoms with E-state index in [2.05, 4.69) is 0 Å². The van der Waals surface area contributed by atoms with Gasteiger partial charge in [0.05, 0.1) is 42.7 Å². The van der Waals surface area contributed by atoms with Gasteiger partial charge in [0.1, 0.15) is 5.60 Å². The van der Waals surface area contributed by atoms with Crippen LogP contribution in [0.3, 0.4) is 0 Å². The second-order valence-electron chi connectivity index (χ2n) is 13.0. The van der Waals surface area contributed by atoms with Gasteiger partial charge in [-0.25, -0.2) is 0 Å². The van der Waals surface area contributed by atoms with Crippen LogP contribution < -0.4 is 0 Å². The van der Waals surface area contributed by atoms with Gasteiger partial charge in [-0.05, 0) is 31.6 Å². The lowest BCUT2D eigenvalue weighted by Gasteiger charge is -2.71. The average molecular weight is 537 g/mol. The topological polar surface area (TPSA) is 149 Å². The maximum Gasteiger partial charge on any atom is 0.181 e. The van der Waals surface area contributed by atoms with Crippen molar-refractivity contribution >= 4 is 0 Å². The van der Waals surface area contributed by atoms with Gasteiger partial charge in [-0.3, -0.25) is 0 Å². The Hall–Kier alpha value is -1.14. The first-order valence-corrected chi connectivity index (χ1v) is 13.8. The fourth-order valence-electron chi connectivity index (χ4n) is 8.67. The summed E-state index contributed by atoms with van der Waals surface area (Å²) >= 11 is 0. The maximum absolute atomic E-state index is 12.8. The van der Waals surface area contributed by atoms with E-state index in [0.717, 1.165) is 0 Å². The Labute approximate surface area is 224 Å². The second kappa shape index (κ2) is 9.46. The second-order valence-corrected chi connectivity index (χ2v) is 13.0. The van der Waals surface area contributed by atoms with Gasteiger partial charge in [0.25, 0.3) is 0 Å². The Morgan fingerprint density at radius 1 is 1.05 bits per heavy atom. The van der Waals surface area contributed by atoms with Gasteiger partial charge in [-0.1, -0.05) is 58.0 Å². The fourth-order valence-corrected chi connectivity index (χ4v) is 8.67.